The number of hydrogen-bond donors (Lipinski definition) is 1. The molecule has 2 aliphatic heterocycles. The fourth-order valence-electron chi connectivity index (χ4n) is 2.59. The number of rotatable bonds is 4. The second-order valence-electron chi connectivity index (χ2n) is 5.81. The topological polar surface area (TPSA) is 55.6 Å². The number of halogens is 3. The molecule has 122 valence electrons. The van der Waals surface area contributed by atoms with Crippen LogP contribution < -0.4 is 5.73 Å². The van der Waals surface area contributed by atoms with Gasteiger partial charge in [-0.05, 0) is 31.9 Å². The van der Waals surface area contributed by atoms with Crippen LogP contribution in [-0.2, 0) is 9.53 Å². The zero-order valence-electron chi connectivity index (χ0n) is 12.0. The Morgan fingerprint density at radius 2 is 2.14 bits per heavy atom. The molecule has 3 unspecified atom stereocenters. The normalized spacial score (nSPS) is 29.4. The Labute approximate surface area is 126 Å². The van der Waals surface area contributed by atoms with Crippen molar-refractivity contribution in [3.63, 3.8) is 0 Å². The molecular formula is C13H21F3N2O2S. The lowest BCUT2D eigenvalue weighted by molar-refractivity contribution is -0.195. The van der Waals surface area contributed by atoms with E-state index in [1.165, 1.54) is 4.90 Å². The fraction of sp³-hybridized carbons (Fsp3) is 0.923. The first kappa shape index (κ1) is 16.9. The summed E-state index contributed by atoms with van der Waals surface area (Å²) in [5, 5.41) is 0. The molecule has 2 saturated heterocycles. The highest BCUT2D eigenvalue weighted by molar-refractivity contribution is 7.99. The van der Waals surface area contributed by atoms with E-state index in [0.29, 0.717) is 18.8 Å². The van der Waals surface area contributed by atoms with E-state index in [0.717, 1.165) is 25.5 Å². The molecule has 2 aliphatic rings. The molecule has 0 aliphatic carbocycles. The molecule has 0 saturated carbocycles. The lowest BCUT2D eigenvalue weighted by Gasteiger charge is -2.37. The Bertz CT molecular complexity index is 378. The van der Waals surface area contributed by atoms with E-state index in [2.05, 4.69) is 0 Å². The van der Waals surface area contributed by atoms with Crippen LogP contribution in [0.1, 0.15) is 26.2 Å². The molecule has 8 heteroatoms. The number of nitrogens with zero attached hydrogens (tertiary/aromatic N) is 1. The van der Waals surface area contributed by atoms with E-state index in [4.69, 9.17) is 10.5 Å². The van der Waals surface area contributed by atoms with Crippen LogP contribution in [-0.4, -0.2) is 59.3 Å². The summed E-state index contributed by atoms with van der Waals surface area (Å²) in [6, 6.07) is -0.183. The van der Waals surface area contributed by atoms with Crippen molar-refractivity contribution in [1.82, 2.24) is 4.90 Å². The number of carbonyl (C=O) groups excluding carboxylic acids is 1. The second-order valence-corrected chi connectivity index (χ2v) is 6.96. The van der Waals surface area contributed by atoms with Gasteiger partial charge in [-0.25, -0.2) is 0 Å². The third kappa shape index (κ3) is 3.65. The smallest absolute Gasteiger partial charge is 0.376 e. The van der Waals surface area contributed by atoms with Gasteiger partial charge < -0.3 is 15.4 Å². The van der Waals surface area contributed by atoms with Crippen LogP contribution in [0.5, 0.6) is 0 Å². The van der Waals surface area contributed by atoms with Gasteiger partial charge in [0.15, 0.2) is 5.54 Å². The summed E-state index contributed by atoms with van der Waals surface area (Å²) in [6.45, 7) is 1.55. The van der Waals surface area contributed by atoms with Gasteiger partial charge >= 0.3 is 6.18 Å². The molecule has 4 nitrogen and oxygen atoms in total. The van der Waals surface area contributed by atoms with Crippen LogP contribution in [0.3, 0.4) is 0 Å². The maximum atomic E-state index is 13.0. The Kier molecular flexibility index (Phi) is 5.10. The molecule has 21 heavy (non-hydrogen) atoms. The van der Waals surface area contributed by atoms with Gasteiger partial charge in [0.25, 0.3) is 5.91 Å². The molecule has 0 spiro atoms. The van der Waals surface area contributed by atoms with Crippen molar-refractivity contribution in [3.05, 3.63) is 0 Å². The van der Waals surface area contributed by atoms with Gasteiger partial charge in [-0.2, -0.15) is 24.9 Å². The van der Waals surface area contributed by atoms with Crippen molar-refractivity contribution < 1.29 is 22.7 Å². The minimum Gasteiger partial charge on any atom is -0.376 e. The van der Waals surface area contributed by atoms with Gasteiger partial charge in [0.05, 0.1) is 6.10 Å². The molecule has 3 atom stereocenters. The van der Waals surface area contributed by atoms with Crippen molar-refractivity contribution in [2.24, 2.45) is 5.73 Å². The standard InChI is InChI=1S/C13H21F3N2O2S/c1-12(17,13(14,15)16)11(19)18(9-4-6-21-8-9)7-10-3-2-5-20-10/h9-10H,2-8,17H2,1H3. The Hall–Kier alpha value is -0.470. The van der Waals surface area contributed by atoms with E-state index in [9.17, 15) is 18.0 Å². The van der Waals surface area contributed by atoms with Crippen molar-refractivity contribution in [1.29, 1.82) is 0 Å². The van der Waals surface area contributed by atoms with Crippen molar-refractivity contribution in [3.8, 4) is 0 Å². The quantitative estimate of drug-likeness (QED) is 0.856. The number of carbonyl (C=O) groups is 1. The van der Waals surface area contributed by atoms with Gasteiger partial charge in [-0.1, -0.05) is 0 Å². The van der Waals surface area contributed by atoms with E-state index >= 15 is 0 Å². The van der Waals surface area contributed by atoms with Crippen molar-refractivity contribution in [2.45, 2.75) is 50.0 Å². The van der Waals surface area contributed by atoms with Gasteiger partial charge in [-0.3, -0.25) is 4.79 Å². The molecule has 0 radical (unpaired) electrons. The monoisotopic (exact) mass is 326 g/mol. The van der Waals surface area contributed by atoms with Crippen LogP contribution in [0.4, 0.5) is 13.2 Å². The van der Waals surface area contributed by atoms with E-state index in [-0.39, 0.29) is 18.7 Å². The average Bonchev–Trinajstić information content (AvgIpc) is 3.06. The summed E-state index contributed by atoms with van der Waals surface area (Å²) >= 11 is 1.65. The number of ether oxygens (including phenoxy) is 1. The molecule has 2 rings (SSSR count). The number of thioether (sulfide) groups is 1. The third-order valence-corrected chi connectivity index (χ3v) is 5.21. The Balaban J connectivity index is 2.15. The number of nitrogens with two attached hydrogens (primary N) is 1. The predicted molar refractivity (Wildman–Crippen MR) is 75.1 cm³/mol. The maximum Gasteiger partial charge on any atom is 0.415 e. The summed E-state index contributed by atoms with van der Waals surface area (Å²) in [5.74, 6) is 0.470. The van der Waals surface area contributed by atoms with Crippen LogP contribution in [0.2, 0.25) is 0 Å². The Morgan fingerprint density at radius 1 is 1.43 bits per heavy atom. The summed E-state index contributed by atoms with van der Waals surface area (Å²) in [4.78, 5) is 13.7. The highest BCUT2D eigenvalue weighted by Gasteiger charge is 2.56. The van der Waals surface area contributed by atoms with Crippen molar-refractivity contribution >= 4 is 17.7 Å². The summed E-state index contributed by atoms with van der Waals surface area (Å²) in [6.07, 6.45) is -2.58. The highest BCUT2D eigenvalue weighted by atomic mass is 32.2. The average molecular weight is 326 g/mol. The van der Waals surface area contributed by atoms with Crippen molar-refractivity contribution in [2.75, 3.05) is 24.7 Å². The van der Waals surface area contributed by atoms with Gasteiger partial charge in [-0.15, -0.1) is 0 Å². The molecule has 2 fully saturated rings. The van der Waals surface area contributed by atoms with E-state index in [1.54, 1.807) is 11.8 Å². The first-order chi connectivity index (χ1) is 9.73. The first-order valence-electron chi connectivity index (χ1n) is 7.09. The molecular weight excluding hydrogens is 305 g/mol. The van der Waals surface area contributed by atoms with Crippen LogP contribution >= 0.6 is 11.8 Å². The largest absolute Gasteiger partial charge is 0.415 e. The minimum absolute atomic E-state index is 0.177. The highest BCUT2D eigenvalue weighted by Crippen LogP contribution is 2.33. The number of amides is 1. The van der Waals surface area contributed by atoms with E-state index in [1.807, 2.05) is 0 Å². The maximum absolute atomic E-state index is 13.0. The van der Waals surface area contributed by atoms with Gasteiger partial charge in [0.2, 0.25) is 0 Å². The molecule has 2 N–H and O–H groups in total. The zero-order valence-corrected chi connectivity index (χ0v) is 12.8. The summed E-state index contributed by atoms with van der Waals surface area (Å²) in [7, 11) is 0. The molecule has 0 aromatic heterocycles. The van der Waals surface area contributed by atoms with Crippen LogP contribution in [0.15, 0.2) is 0 Å². The van der Waals surface area contributed by atoms with Gasteiger partial charge in [0, 0.05) is 24.9 Å². The van der Waals surface area contributed by atoms with Crippen LogP contribution in [0, 0.1) is 0 Å². The molecule has 0 aromatic rings. The lowest BCUT2D eigenvalue weighted by atomic mass is 9.99. The lowest BCUT2D eigenvalue weighted by Crippen LogP contribution is -2.64. The fourth-order valence-corrected chi connectivity index (χ4v) is 3.82. The summed E-state index contributed by atoms with van der Waals surface area (Å²) < 4.78 is 44.6. The van der Waals surface area contributed by atoms with E-state index < -0.39 is 17.6 Å². The number of hydrogen-bond acceptors (Lipinski definition) is 4. The SMILES string of the molecule is CC(N)(C(=O)N(CC1CCCO1)C1CCSC1)C(F)(F)F. The Morgan fingerprint density at radius 3 is 2.62 bits per heavy atom. The zero-order chi connectivity index (χ0) is 15.7. The molecule has 0 aromatic carbocycles. The predicted octanol–water partition coefficient (Wildman–Crippen LogP) is 1.78. The molecule has 1 amide bonds. The molecule has 2 heterocycles. The van der Waals surface area contributed by atoms with Gasteiger partial charge in [0.1, 0.15) is 0 Å². The third-order valence-electron chi connectivity index (χ3n) is 4.06. The summed E-state index contributed by atoms with van der Waals surface area (Å²) in [5.41, 5.74) is 2.47. The molecule has 0 bridgehead atoms. The number of alkyl halides is 3. The minimum atomic E-state index is -4.76. The first-order valence-corrected chi connectivity index (χ1v) is 8.25. The second kappa shape index (κ2) is 6.34. The van der Waals surface area contributed by atoms with Crippen LogP contribution in [0.25, 0.3) is 0 Å².